The van der Waals surface area contributed by atoms with E-state index >= 15 is 0 Å². The molecule has 72 valence electrons. The van der Waals surface area contributed by atoms with Crippen molar-refractivity contribution in [3.05, 3.63) is 41.7 Å². The summed E-state index contributed by atoms with van der Waals surface area (Å²) in [6, 6.07) is 4.24. The van der Waals surface area contributed by atoms with Crippen molar-refractivity contribution in [2.45, 2.75) is 13.0 Å². The SMILES string of the molecule is C[C@H](Nc1nccs1)c1cccnc1. The first-order valence-electron chi connectivity index (χ1n) is 4.42. The average molecular weight is 205 g/mol. The van der Waals surface area contributed by atoms with Crippen molar-refractivity contribution in [1.82, 2.24) is 9.97 Å². The van der Waals surface area contributed by atoms with Crippen LogP contribution in [0.2, 0.25) is 0 Å². The summed E-state index contributed by atoms with van der Waals surface area (Å²) in [6.07, 6.45) is 5.44. The van der Waals surface area contributed by atoms with Crippen molar-refractivity contribution < 1.29 is 0 Å². The molecule has 2 aromatic heterocycles. The van der Waals surface area contributed by atoms with Gasteiger partial charge < -0.3 is 5.32 Å². The van der Waals surface area contributed by atoms with Crippen molar-refractivity contribution in [2.75, 3.05) is 5.32 Å². The number of pyridine rings is 1. The van der Waals surface area contributed by atoms with Gasteiger partial charge in [0.25, 0.3) is 0 Å². The minimum atomic E-state index is 0.245. The quantitative estimate of drug-likeness (QED) is 0.837. The van der Waals surface area contributed by atoms with E-state index in [1.54, 1.807) is 23.7 Å². The third-order valence-electron chi connectivity index (χ3n) is 1.96. The molecule has 0 fully saturated rings. The van der Waals surface area contributed by atoms with E-state index < -0.39 is 0 Å². The molecule has 1 atom stereocenters. The second-order valence-corrected chi connectivity index (χ2v) is 3.88. The zero-order valence-corrected chi connectivity index (χ0v) is 8.66. The van der Waals surface area contributed by atoms with E-state index in [2.05, 4.69) is 28.3 Å². The van der Waals surface area contributed by atoms with Crippen LogP contribution in [0, 0.1) is 0 Å². The van der Waals surface area contributed by atoms with Gasteiger partial charge in [-0.2, -0.15) is 0 Å². The maximum Gasteiger partial charge on any atom is 0.183 e. The van der Waals surface area contributed by atoms with Gasteiger partial charge in [-0.15, -0.1) is 11.3 Å². The molecule has 0 aliphatic heterocycles. The largest absolute Gasteiger partial charge is 0.355 e. The minimum Gasteiger partial charge on any atom is -0.355 e. The highest BCUT2D eigenvalue weighted by atomic mass is 32.1. The molecule has 0 aliphatic carbocycles. The standard InChI is InChI=1S/C10H11N3S/c1-8(9-3-2-4-11-7-9)13-10-12-5-6-14-10/h2-8H,1H3,(H,12,13)/t8-/m0/s1. The Morgan fingerprint density at radius 2 is 2.36 bits per heavy atom. The van der Waals surface area contributed by atoms with Gasteiger partial charge in [0.05, 0.1) is 6.04 Å². The molecule has 0 unspecified atom stereocenters. The monoisotopic (exact) mass is 205 g/mol. The third-order valence-corrected chi connectivity index (χ3v) is 2.66. The molecule has 2 rings (SSSR count). The Bertz CT molecular complexity index is 372. The number of nitrogens with one attached hydrogen (secondary N) is 1. The molecule has 0 radical (unpaired) electrons. The molecule has 0 spiro atoms. The molecule has 14 heavy (non-hydrogen) atoms. The van der Waals surface area contributed by atoms with Gasteiger partial charge >= 0.3 is 0 Å². The van der Waals surface area contributed by atoms with E-state index in [4.69, 9.17) is 0 Å². The normalized spacial score (nSPS) is 12.4. The number of hydrogen-bond donors (Lipinski definition) is 1. The van der Waals surface area contributed by atoms with Crippen LogP contribution in [0.25, 0.3) is 0 Å². The Morgan fingerprint density at radius 1 is 1.43 bits per heavy atom. The molecule has 0 bridgehead atoms. The molecule has 0 saturated carbocycles. The fourth-order valence-corrected chi connectivity index (χ4v) is 1.81. The molecule has 0 amide bonds. The van der Waals surface area contributed by atoms with E-state index in [0.29, 0.717) is 0 Å². The highest BCUT2D eigenvalue weighted by molar-refractivity contribution is 7.13. The first-order chi connectivity index (χ1) is 6.86. The van der Waals surface area contributed by atoms with E-state index in [1.807, 2.05) is 17.6 Å². The van der Waals surface area contributed by atoms with Crippen molar-refractivity contribution in [2.24, 2.45) is 0 Å². The van der Waals surface area contributed by atoms with Crippen LogP contribution in [0.4, 0.5) is 5.13 Å². The lowest BCUT2D eigenvalue weighted by atomic mass is 10.1. The van der Waals surface area contributed by atoms with Crippen LogP contribution in [0.5, 0.6) is 0 Å². The zero-order valence-electron chi connectivity index (χ0n) is 7.84. The van der Waals surface area contributed by atoms with Crippen LogP contribution in [-0.2, 0) is 0 Å². The van der Waals surface area contributed by atoms with Crippen molar-refractivity contribution >= 4 is 16.5 Å². The van der Waals surface area contributed by atoms with Crippen LogP contribution in [0.1, 0.15) is 18.5 Å². The molecule has 0 aliphatic rings. The Kier molecular flexibility index (Phi) is 2.74. The first kappa shape index (κ1) is 9.15. The molecule has 4 heteroatoms. The maximum atomic E-state index is 4.17. The predicted molar refractivity (Wildman–Crippen MR) is 58.4 cm³/mol. The number of nitrogens with zero attached hydrogens (tertiary/aromatic N) is 2. The van der Waals surface area contributed by atoms with Gasteiger partial charge in [-0.1, -0.05) is 6.07 Å². The van der Waals surface area contributed by atoms with Crippen molar-refractivity contribution in [3.63, 3.8) is 0 Å². The van der Waals surface area contributed by atoms with Crippen LogP contribution < -0.4 is 5.32 Å². The summed E-state index contributed by atoms with van der Waals surface area (Å²) in [7, 11) is 0. The molecule has 3 nitrogen and oxygen atoms in total. The first-order valence-corrected chi connectivity index (χ1v) is 5.30. The van der Waals surface area contributed by atoms with Gasteiger partial charge in [0.2, 0.25) is 0 Å². The highest BCUT2D eigenvalue weighted by Crippen LogP contribution is 2.19. The lowest BCUT2D eigenvalue weighted by molar-refractivity contribution is 0.873. The summed E-state index contributed by atoms with van der Waals surface area (Å²) in [5.74, 6) is 0. The fraction of sp³-hybridized carbons (Fsp3) is 0.200. The summed E-state index contributed by atoms with van der Waals surface area (Å²) in [5, 5.41) is 6.21. The second-order valence-electron chi connectivity index (χ2n) is 2.99. The Labute approximate surface area is 86.8 Å². The number of hydrogen-bond acceptors (Lipinski definition) is 4. The maximum absolute atomic E-state index is 4.17. The zero-order chi connectivity index (χ0) is 9.80. The summed E-state index contributed by atoms with van der Waals surface area (Å²) in [4.78, 5) is 8.25. The Balaban J connectivity index is 2.07. The van der Waals surface area contributed by atoms with Gasteiger partial charge in [0.1, 0.15) is 0 Å². The summed E-state index contributed by atoms with van der Waals surface area (Å²) in [6.45, 7) is 2.10. The van der Waals surface area contributed by atoms with Crippen LogP contribution in [-0.4, -0.2) is 9.97 Å². The van der Waals surface area contributed by atoms with E-state index in [1.165, 1.54) is 5.56 Å². The molecule has 0 aromatic carbocycles. The lowest BCUT2D eigenvalue weighted by Gasteiger charge is -2.12. The lowest BCUT2D eigenvalue weighted by Crippen LogP contribution is -2.06. The van der Waals surface area contributed by atoms with Gasteiger partial charge in [0, 0.05) is 24.0 Å². The number of aromatic nitrogens is 2. The number of thiazole rings is 1. The Hall–Kier alpha value is -1.42. The number of rotatable bonds is 3. The highest BCUT2D eigenvalue weighted by Gasteiger charge is 2.05. The van der Waals surface area contributed by atoms with E-state index in [-0.39, 0.29) is 6.04 Å². The smallest absolute Gasteiger partial charge is 0.183 e. The predicted octanol–water partition coefficient (Wildman–Crippen LogP) is 2.71. The van der Waals surface area contributed by atoms with Crippen LogP contribution in [0.3, 0.4) is 0 Å². The van der Waals surface area contributed by atoms with Gasteiger partial charge in [-0.25, -0.2) is 4.98 Å². The number of anilines is 1. The second kappa shape index (κ2) is 4.19. The Morgan fingerprint density at radius 3 is 3.00 bits per heavy atom. The third kappa shape index (κ3) is 2.09. The van der Waals surface area contributed by atoms with Crippen molar-refractivity contribution in [1.29, 1.82) is 0 Å². The van der Waals surface area contributed by atoms with Crippen LogP contribution in [0.15, 0.2) is 36.1 Å². The van der Waals surface area contributed by atoms with E-state index in [0.717, 1.165) is 5.13 Å². The van der Waals surface area contributed by atoms with Gasteiger partial charge in [0.15, 0.2) is 5.13 Å². The molecule has 0 saturated heterocycles. The fourth-order valence-electron chi connectivity index (χ4n) is 1.20. The van der Waals surface area contributed by atoms with Crippen LogP contribution >= 0.6 is 11.3 Å². The minimum absolute atomic E-state index is 0.245. The summed E-state index contributed by atoms with van der Waals surface area (Å²) in [5.41, 5.74) is 1.17. The topological polar surface area (TPSA) is 37.8 Å². The van der Waals surface area contributed by atoms with Gasteiger partial charge in [-0.3, -0.25) is 4.98 Å². The van der Waals surface area contributed by atoms with E-state index in [9.17, 15) is 0 Å². The summed E-state index contributed by atoms with van der Waals surface area (Å²) < 4.78 is 0. The van der Waals surface area contributed by atoms with Gasteiger partial charge in [-0.05, 0) is 18.6 Å². The molecule has 1 N–H and O–H groups in total. The molecular weight excluding hydrogens is 194 g/mol. The molecule has 2 aromatic rings. The van der Waals surface area contributed by atoms with Crippen molar-refractivity contribution in [3.8, 4) is 0 Å². The average Bonchev–Trinajstić information content (AvgIpc) is 2.72. The molecular formula is C10H11N3S. The molecule has 2 heterocycles. The summed E-state index contributed by atoms with van der Waals surface area (Å²) >= 11 is 1.60.